The maximum atomic E-state index is 11.0. The fourth-order valence-corrected chi connectivity index (χ4v) is 3.84. The lowest BCUT2D eigenvalue weighted by Crippen LogP contribution is -2.37. The molecule has 1 saturated carbocycles. The first kappa shape index (κ1) is 10.3. The van der Waals surface area contributed by atoms with Crippen LogP contribution in [-0.2, 0) is 4.79 Å². The molecule has 0 aromatic heterocycles. The monoisotopic (exact) mass is 221 g/mol. The molecule has 0 aromatic rings. The Morgan fingerprint density at radius 2 is 1.75 bits per heavy atom. The van der Waals surface area contributed by atoms with Crippen LogP contribution < -0.4 is 0 Å². The van der Waals surface area contributed by atoms with Crippen molar-refractivity contribution in [2.45, 2.75) is 25.8 Å². The number of hydrogen-bond donors (Lipinski definition) is 1. The summed E-state index contributed by atoms with van der Waals surface area (Å²) >= 11 is 0. The van der Waals surface area contributed by atoms with Crippen molar-refractivity contribution in [3.05, 3.63) is 12.2 Å². The second-order valence-electron chi connectivity index (χ2n) is 5.59. The van der Waals surface area contributed by atoms with Crippen LogP contribution in [0.15, 0.2) is 12.2 Å². The fourth-order valence-electron chi connectivity index (χ4n) is 3.84. The average molecular weight is 221 g/mol. The maximum absolute atomic E-state index is 11.0. The normalized spacial score (nSPS) is 43.3. The molecule has 5 unspecified atom stereocenters. The van der Waals surface area contributed by atoms with Gasteiger partial charge in [-0.1, -0.05) is 12.2 Å². The van der Waals surface area contributed by atoms with Crippen LogP contribution >= 0.6 is 0 Å². The lowest BCUT2D eigenvalue weighted by Gasteiger charge is -2.40. The number of rotatable bonds is 2. The van der Waals surface area contributed by atoms with Crippen molar-refractivity contribution in [2.75, 3.05) is 13.1 Å². The maximum Gasteiger partial charge on any atom is 0.320 e. The molecule has 3 nitrogen and oxygen atoms in total. The molecule has 1 heterocycles. The first-order valence-electron chi connectivity index (χ1n) is 6.32. The van der Waals surface area contributed by atoms with E-state index in [0.29, 0.717) is 0 Å². The summed E-state index contributed by atoms with van der Waals surface area (Å²) in [5.41, 5.74) is 0. The van der Waals surface area contributed by atoms with Crippen molar-refractivity contribution in [2.24, 2.45) is 23.7 Å². The summed E-state index contributed by atoms with van der Waals surface area (Å²) in [5, 5.41) is 9.07. The van der Waals surface area contributed by atoms with Crippen molar-refractivity contribution < 1.29 is 9.90 Å². The van der Waals surface area contributed by atoms with Crippen LogP contribution in [0.5, 0.6) is 0 Å². The molecule has 2 fully saturated rings. The lowest BCUT2D eigenvalue weighted by atomic mass is 9.64. The standard InChI is InChI=1S/C13H19NO2/c1-8(13(15)16)14-6-11-9-2-3-10(5-4-9)12(11)7-14/h2-3,8-12H,4-7H2,1H3,(H,15,16). The highest BCUT2D eigenvalue weighted by Gasteiger charge is 2.47. The Labute approximate surface area is 96.1 Å². The molecule has 0 radical (unpaired) electrons. The molecule has 0 aromatic carbocycles. The van der Waals surface area contributed by atoms with Gasteiger partial charge >= 0.3 is 5.97 Å². The Balaban J connectivity index is 1.76. The molecule has 4 aliphatic rings. The zero-order valence-corrected chi connectivity index (χ0v) is 9.67. The van der Waals surface area contributed by atoms with E-state index >= 15 is 0 Å². The number of hydrogen-bond acceptors (Lipinski definition) is 2. The molecule has 4 rings (SSSR count). The van der Waals surface area contributed by atoms with Gasteiger partial charge < -0.3 is 5.11 Å². The Hall–Kier alpha value is -0.830. The van der Waals surface area contributed by atoms with Crippen LogP contribution in [0.1, 0.15) is 19.8 Å². The fraction of sp³-hybridized carbons (Fsp3) is 0.769. The van der Waals surface area contributed by atoms with Gasteiger partial charge in [-0.05, 0) is 43.4 Å². The van der Waals surface area contributed by atoms with Crippen LogP contribution in [0.3, 0.4) is 0 Å². The predicted molar refractivity (Wildman–Crippen MR) is 61.0 cm³/mol. The summed E-state index contributed by atoms with van der Waals surface area (Å²) < 4.78 is 0. The van der Waals surface area contributed by atoms with E-state index in [1.807, 2.05) is 6.92 Å². The van der Waals surface area contributed by atoms with Gasteiger partial charge in [0.1, 0.15) is 6.04 Å². The van der Waals surface area contributed by atoms with Gasteiger partial charge in [-0.3, -0.25) is 9.69 Å². The molecule has 5 atom stereocenters. The van der Waals surface area contributed by atoms with E-state index in [1.165, 1.54) is 12.8 Å². The topological polar surface area (TPSA) is 40.5 Å². The van der Waals surface area contributed by atoms with Gasteiger partial charge in [0.05, 0.1) is 0 Å². The molecule has 88 valence electrons. The highest BCUT2D eigenvalue weighted by molar-refractivity contribution is 5.72. The molecule has 1 aliphatic heterocycles. The van der Waals surface area contributed by atoms with Gasteiger partial charge in [0.25, 0.3) is 0 Å². The lowest BCUT2D eigenvalue weighted by molar-refractivity contribution is -0.142. The summed E-state index contributed by atoms with van der Waals surface area (Å²) in [5.74, 6) is 2.22. The summed E-state index contributed by atoms with van der Waals surface area (Å²) in [7, 11) is 0. The van der Waals surface area contributed by atoms with Gasteiger partial charge in [-0.25, -0.2) is 0 Å². The second kappa shape index (κ2) is 3.59. The third-order valence-electron chi connectivity index (χ3n) is 4.88. The van der Waals surface area contributed by atoms with Crippen molar-refractivity contribution in [1.29, 1.82) is 0 Å². The van der Waals surface area contributed by atoms with Crippen molar-refractivity contribution in [3.63, 3.8) is 0 Å². The first-order valence-corrected chi connectivity index (χ1v) is 6.32. The van der Waals surface area contributed by atoms with Crippen molar-refractivity contribution in [1.82, 2.24) is 4.90 Å². The van der Waals surface area contributed by atoms with Gasteiger partial charge in [-0.15, -0.1) is 0 Å². The van der Waals surface area contributed by atoms with Crippen LogP contribution in [-0.4, -0.2) is 35.1 Å². The number of fused-ring (bicyclic) bond motifs is 1. The Bertz CT molecular complexity index is 317. The van der Waals surface area contributed by atoms with E-state index in [2.05, 4.69) is 17.1 Å². The second-order valence-corrected chi connectivity index (χ2v) is 5.59. The number of carbonyl (C=O) groups is 1. The van der Waals surface area contributed by atoms with Crippen LogP contribution in [0, 0.1) is 23.7 Å². The number of carboxylic acids is 1. The minimum absolute atomic E-state index is 0.315. The van der Waals surface area contributed by atoms with Crippen molar-refractivity contribution >= 4 is 5.97 Å². The minimum atomic E-state index is -0.682. The molecule has 0 spiro atoms. The molecule has 0 amide bonds. The zero-order valence-electron chi connectivity index (χ0n) is 9.67. The highest BCUT2D eigenvalue weighted by atomic mass is 16.4. The Morgan fingerprint density at radius 3 is 2.12 bits per heavy atom. The quantitative estimate of drug-likeness (QED) is 0.720. The molecule has 2 bridgehead atoms. The van der Waals surface area contributed by atoms with E-state index < -0.39 is 5.97 Å². The number of aliphatic carboxylic acids is 1. The van der Waals surface area contributed by atoms with Crippen LogP contribution in [0.2, 0.25) is 0 Å². The SMILES string of the molecule is CC(C(=O)O)N1CC2C3C=CC(CC3)C2C1. The van der Waals surface area contributed by atoms with Gasteiger partial charge in [-0.2, -0.15) is 0 Å². The summed E-state index contributed by atoms with van der Waals surface area (Å²) in [6.07, 6.45) is 7.39. The predicted octanol–water partition coefficient (Wildman–Crippen LogP) is 1.60. The molecular formula is C13H19NO2. The molecule has 3 aliphatic carbocycles. The zero-order chi connectivity index (χ0) is 11.3. The highest BCUT2D eigenvalue weighted by Crippen LogP contribution is 2.48. The largest absolute Gasteiger partial charge is 0.480 e. The molecular weight excluding hydrogens is 202 g/mol. The van der Waals surface area contributed by atoms with E-state index in [9.17, 15) is 4.79 Å². The number of likely N-dealkylation sites (tertiary alicyclic amines) is 1. The van der Waals surface area contributed by atoms with E-state index in [4.69, 9.17) is 5.11 Å². The van der Waals surface area contributed by atoms with E-state index in [0.717, 1.165) is 36.8 Å². The van der Waals surface area contributed by atoms with Gasteiger partial charge in [0, 0.05) is 13.1 Å². The Kier molecular flexibility index (Phi) is 2.32. The third kappa shape index (κ3) is 1.41. The molecule has 1 N–H and O–H groups in total. The van der Waals surface area contributed by atoms with E-state index in [1.54, 1.807) is 0 Å². The van der Waals surface area contributed by atoms with Crippen LogP contribution in [0.25, 0.3) is 0 Å². The minimum Gasteiger partial charge on any atom is -0.480 e. The first-order chi connectivity index (χ1) is 7.66. The number of nitrogens with zero attached hydrogens (tertiary/aromatic N) is 1. The third-order valence-corrected chi connectivity index (χ3v) is 4.88. The summed E-state index contributed by atoms with van der Waals surface area (Å²) in [6.45, 7) is 3.79. The van der Waals surface area contributed by atoms with E-state index in [-0.39, 0.29) is 6.04 Å². The molecule has 16 heavy (non-hydrogen) atoms. The van der Waals surface area contributed by atoms with Crippen LogP contribution in [0.4, 0.5) is 0 Å². The van der Waals surface area contributed by atoms with Gasteiger partial charge in [0.15, 0.2) is 0 Å². The van der Waals surface area contributed by atoms with Gasteiger partial charge in [0.2, 0.25) is 0 Å². The Morgan fingerprint density at radius 1 is 1.25 bits per heavy atom. The molecule has 3 heteroatoms. The average Bonchev–Trinajstić information content (AvgIpc) is 2.75. The number of allylic oxidation sites excluding steroid dienone is 2. The smallest absolute Gasteiger partial charge is 0.320 e. The molecule has 1 saturated heterocycles. The summed E-state index contributed by atoms with van der Waals surface area (Å²) in [6, 6.07) is -0.315. The van der Waals surface area contributed by atoms with Crippen molar-refractivity contribution in [3.8, 4) is 0 Å². The number of carboxylic acid groups (broad SMARTS) is 1. The summed E-state index contributed by atoms with van der Waals surface area (Å²) in [4.78, 5) is 13.2.